The van der Waals surface area contributed by atoms with Gasteiger partial charge in [0.05, 0.1) is 12.6 Å². The van der Waals surface area contributed by atoms with E-state index >= 15 is 0 Å². The molecule has 0 radical (unpaired) electrons. The van der Waals surface area contributed by atoms with Gasteiger partial charge in [0.15, 0.2) is 0 Å². The van der Waals surface area contributed by atoms with Crippen molar-refractivity contribution in [1.29, 1.82) is 0 Å². The second kappa shape index (κ2) is 8.10. The second-order valence-electron chi connectivity index (χ2n) is 6.75. The fourth-order valence-electron chi connectivity index (χ4n) is 3.57. The molecule has 3 aromatic rings. The van der Waals surface area contributed by atoms with Gasteiger partial charge < -0.3 is 15.0 Å². The minimum atomic E-state index is -0.00897. The van der Waals surface area contributed by atoms with Crippen molar-refractivity contribution in [3.63, 3.8) is 0 Å². The number of aromatic nitrogens is 1. The van der Waals surface area contributed by atoms with Crippen LogP contribution in [0.2, 0.25) is 0 Å². The molecule has 138 valence electrons. The van der Waals surface area contributed by atoms with E-state index in [1.165, 1.54) is 5.69 Å². The summed E-state index contributed by atoms with van der Waals surface area (Å²) >= 11 is 0. The number of para-hydroxylation sites is 1. The number of nitrogens with one attached hydrogen (secondary N) is 2. The molecule has 4 rings (SSSR count). The summed E-state index contributed by atoms with van der Waals surface area (Å²) in [6.07, 6.45) is 4.12. The molecule has 1 aliphatic heterocycles. The lowest BCUT2D eigenvalue weighted by Gasteiger charge is -2.23. The Morgan fingerprint density at radius 3 is 2.74 bits per heavy atom. The summed E-state index contributed by atoms with van der Waals surface area (Å²) in [7, 11) is 0. The zero-order valence-corrected chi connectivity index (χ0v) is 15.1. The number of benzene rings is 2. The Morgan fingerprint density at radius 1 is 1.07 bits per heavy atom. The van der Waals surface area contributed by atoms with Crippen LogP contribution in [0.15, 0.2) is 72.9 Å². The number of rotatable bonds is 6. The average molecular weight is 361 g/mol. The van der Waals surface area contributed by atoms with Gasteiger partial charge >= 0.3 is 0 Å². The molecule has 1 saturated heterocycles. The van der Waals surface area contributed by atoms with Gasteiger partial charge in [0.1, 0.15) is 11.5 Å². The monoisotopic (exact) mass is 361 g/mol. The minimum Gasteiger partial charge on any atom is -0.457 e. The van der Waals surface area contributed by atoms with E-state index in [-0.39, 0.29) is 5.91 Å². The lowest BCUT2D eigenvalue weighted by atomic mass is 10.1. The molecule has 2 aromatic carbocycles. The van der Waals surface area contributed by atoms with E-state index in [0.29, 0.717) is 18.3 Å². The number of hydrogen-bond acceptors (Lipinski definition) is 3. The smallest absolute Gasteiger partial charge is 0.238 e. The van der Waals surface area contributed by atoms with Crippen molar-refractivity contribution < 1.29 is 9.53 Å². The Kier molecular flexibility index (Phi) is 5.21. The zero-order valence-electron chi connectivity index (χ0n) is 15.1. The zero-order chi connectivity index (χ0) is 18.5. The highest BCUT2D eigenvalue weighted by molar-refractivity contribution is 5.92. The third-order valence-electron chi connectivity index (χ3n) is 4.79. The fourth-order valence-corrected chi connectivity index (χ4v) is 3.57. The van der Waals surface area contributed by atoms with Crippen LogP contribution in [0.1, 0.15) is 24.6 Å². The fraction of sp³-hybridized carbons (Fsp3) is 0.227. The molecule has 0 bridgehead atoms. The van der Waals surface area contributed by atoms with Gasteiger partial charge in [0, 0.05) is 23.6 Å². The van der Waals surface area contributed by atoms with E-state index in [1.807, 2.05) is 66.9 Å². The molecule has 1 aliphatic rings. The molecule has 5 heteroatoms. The molecule has 0 aliphatic carbocycles. The molecular formula is C22H23N3O2. The number of anilines is 1. The third-order valence-corrected chi connectivity index (χ3v) is 4.79. The maximum atomic E-state index is 12.5. The van der Waals surface area contributed by atoms with Gasteiger partial charge in [-0.15, -0.1) is 0 Å². The molecule has 1 unspecified atom stereocenters. The predicted octanol–water partition coefficient (Wildman–Crippen LogP) is 4.58. The second-order valence-corrected chi connectivity index (χ2v) is 6.75. The van der Waals surface area contributed by atoms with Crippen LogP contribution >= 0.6 is 0 Å². The lowest BCUT2D eigenvalue weighted by molar-refractivity contribution is -0.117. The maximum Gasteiger partial charge on any atom is 0.238 e. The van der Waals surface area contributed by atoms with Crippen LogP contribution in [0.25, 0.3) is 0 Å². The van der Waals surface area contributed by atoms with Crippen molar-refractivity contribution >= 4 is 11.6 Å². The number of likely N-dealkylation sites (tertiary alicyclic amines) is 1. The molecule has 5 nitrogen and oxygen atoms in total. The SMILES string of the molecule is O=C(CN1CCCC1c1ccc[nH]1)Nc1cccc(Oc2ccccc2)c1. The molecule has 1 atom stereocenters. The van der Waals surface area contributed by atoms with E-state index < -0.39 is 0 Å². The van der Waals surface area contributed by atoms with Crippen molar-refractivity contribution in [2.75, 3.05) is 18.4 Å². The number of aromatic amines is 1. The Morgan fingerprint density at radius 2 is 1.93 bits per heavy atom. The summed E-state index contributed by atoms with van der Waals surface area (Å²) in [5.41, 5.74) is 1.92. The van der Waals surface area contributed by atoms with Crippen LogP contribution in [-0.4, -0.2) is 28.9 Å². The predicted molar refractivity (Wildman–Crippen MR) is 106 cm³/mol. The van der Waals surface area contributed by atoms with E-state index in [4.69, 9.17) is 4.74 Å². The molecule has 0 saturated carbocycles. The Hall–Kier alpha value is -3.05. The van der Waals surface area contributed by atoms with Gasteiger partial charge in [-0.25, -0.2) is 0 Å². The van der Waals surface area contributed by atoms with Crippen molar-refractivity contribution in [1.82, 2.24) is 9.88 Å². The first kappa shape index (κ1) is 17.4. The summed E-state index contributed by atoms with van der Waals surface area (Å²) in [5, 5.41) is 2.99. The van der Waals surface area contributed by atoms with E-state index in [0.717, 1.165) is 30.8 Å². The van der Waals surface area contributed by atoms with E-state index in [1.54, 1.807) is 0 Å². The van der Waals surface area contributed by atoms with Gasteiger partial charge in [-0.1, -0.05) is 24.3 Å². The molecule has 27 heavy (non-hydrogen) atoms. The van der Waals surface area contributed by atoms with Crippen LogP contribution in [0, 0.1) is 0 Å². The summed E-state index contributed by atoms with van der Waals surface area (Å²) in [6, 6.07) is 21.5. The highest BCUT2D eigenvalue weighted by Crippen LogP contribution is 2.30. The van der Waals surface area contributed by atoms with Crippen LogP contribution in [0.4, 0.5) is 5.69 Å². The Bertz CT molecular complexity index is 878. The molecule has 1 fully saturated rings. The van der Waals surface area contributed by atoms with Crippen LogP contribution in [-0.2, 0) is 4.79 Å². The minimum absolute atomic E-state index is 0.00897. The average Bonchev–Trinajstić information content (AvgIpc) is 3.34. The molecule has 1 aromatic heterocycles. The van der Waals surface area contributed by atoms with Crippen molar-refractivity contribution in [2.45, 2.75) is 18.9 Å². The van der Waals surface area contributed by atoms with Gasteiger partial charge in [0.2, 0.25) is 5.91 Å². The van der Waals surface area contributed by atoms with Crippen LogP contribution < -0.4 is 10.1 Å². The van der Waals surface area contributed by atoms with Crippen LogP contribution in [0.5, 0.6) is 11.5 Å². The number of nitrogens with zero attached hydrogens (tertiary/aromatic N) is 1. The van der Waals surface area contributed by atoms with Crippen LogP contribution in [0.3, 0.4) is 0 Å². The Labute approximate surface area is 159 Å². The maximum absolute atomic E-state index is 12.5. The molecule has 1 amide bonds. The van der Waals surface area contributed by atoms with Crippen molar-refractivity contribution in [3.8, 4) is 11.5 Å². The molecule has 0 spiro atoms. The summed E-state index contributed by atoms with van der Waals surface area (Å²) in [4.78, 5) is 18.0. The van der Waals surface area contributed by atoms with Crippen molar-refractivity contribution in [3.05, 3.63) is 78.6 Å². The summed E-state index contributed by atoms with van der Waals surface area (Å²) in [6.45, 7) is 1.32. The van der Waals surface area contributed by atoms with E-state index in [9.17, 15) is 4.79 Å². The van der Waals surface area contributed by atoms with E-state index in [2.05, 4.69) is 21.3 Å². The first-order valence-electron chi connectivity index (χ1n) is 9.28. The number of amides is 1. The largest absolute Gasteiger partial charge is 0.457 e. The van der Waals surface area contributed by atoms with Gasteiger partial charge in [-0.2, -0.15) is 0 Å². The number of ether oxygens (including phenoxy) is 1. The normalized spacial score (nSPS) is 17.0. The number of carbonyl (C=O) groups is 1. The number of carbonyl (C=O) groups excluding carboxylic acids is 1. The number of H-pyrrole nitrogens is 1. The lowest BCUT2D eigenvalue weighted by Crippen LogP contribution is -2.33. The molecular weight excluding hydrogens is 338 g/mol. The highest BCUT2D eigenvalue weighted by atomic mass is 16.5. The number of hydrogen-bond donors (Lipinski definition) is 2. The first-order chi connectivity index (χ1) is 13.3. The van der Waals surface area contributed by atoms with Crippen molar-refractivity contribution in [2.24, 2.45) is 0 Å². The summed E-state index contributed by atoms with van der Waals surface area (Å²) in [5.74, 6) is 1.46. The van der Waals surface area contributed by atoms with Gasteiger partial charge in [-0.05, 0) is 55.8 Å². The summed E-state index contributed by atoms with van der Waals surface area (Å²) < 4.78 is 5.83. The topological polar surface area (TPSA) is 57.4 Å². The highest BCUT2D eigenvalue weighted by Gasteiger charge is 2.28. The molecule has 2 N–H and O–H groups in total. The standard InChI is InChI=1S/C22H23N3O2/c26-22(16-25-14-6-12-21(25)20-11-5-13-23-20)24-17-7-4-10-19(15-17)27-18-8-2-1-3-9-18/h1-5,7-11,13,15,21,23H,6,12,14,16H2,(H,24,26). The first-order valence-corrected chi connectivity index (χ1v) is 9.28. The molecule has 2 heterocycles. The Balaban J connectivity index is 1.37. The third kappa shape index (κ3) is 4.38. The van der Waals surface area contributed by atoms with Gasteiger partial charge in [-0.3, -0.25) is 9.69 Å². The quantitative estimate of drug-likeness (QED) is 0.675. The van der Waals surface area contributed by atoms with Gasteiger partial charge in [0.25, 0.3) is 0 Å².